The zero-order valence-electron chi connectivity index (χ0n) is 19.8. The molecule has 0 amide bonds. The summed E-state index contributed by atoms with van der Waals surface area (Å²) in [5.41, 5.74) is 3.42. The molecule has 0 aliphatic carbocycles. The predicted molar refractivity (Wildman–Crippen MR) is 124 cm³/mol. The SMILES string of the molecule is C=C(C)C(=O)OCOc1cc(-n2nc3cccc(C(C)(C)C)c3n2)c(O)c(C(C)(C)C)c1. The van der Waals surface area contributed by atoms with Crippen LogP contribution in [0.2, 0.25) is 0 Å². The Labute approximate surface area is 188 Å². The zero-order chi connectivity index (χ0) is 23.8. The topological polar surface area (TPSA) is 86.5 Å². The normalized spacial score (nSPS) is 12.1. The van der Waals surface area contributed by atoms with Crippen molar-refractivity contribution >= 4 is 17.0 Å². The van der Waals surface area contributed by atoms with Crippen molar-refractivity contribution in [2.24, 2.45) is 0 Å². The van der Waals surface area contributed by atoms with Crippen LogP contribution in [0.3, 0.4) is 0 Å². The van der Waals surface area contributed by atoms with Gasteiger partial charge in [-0.1, -0.05) is 60.3 Å². The van der Waals surface area contributed by atoms with E-state index in [9.17, 15) is 9.90 Å². The second-order valence-corrected chi connectivity index (χ2v) is 9.98. The lowest BCUT2D eigenvalue weighted by molar-refractivity contribution is -0.145. The van der Waals surface area contributed by atoms with Gasteiger partial charge in [-0.25, -0.2) is 4.79 Å². The van der Waals surface area contributed by atoms with Crippen molar-refractivity contribution in [3.8, 4) is 17.2 Å². The molecule has 1 N–H and O–H groups in total. The van der Waals surface area contributed by atoms with Crippen molar-refractivity contribution in [1.82, 2.24) is 15.0 Å². The smallest absolute Gasteiger partial charge is 0.335 e. The average Bonchev–Trinajstić information content (AvgIpc) is 3.10. The summed E-state index contributed by atoms with van der Waals surface area (Å²) in [6.07, 6.45) is 0. The summed E-state index contributed by atoms with van der Waals surface area (Å²) >= 11 is 0. The number of carbonyl (C=O) groups is 1. The number of nitrogens with zero attached hydrogens (tertiary/aromatic N) is 3. The van der Waals surface area contributed by atoms with E-state index in [0.717, 1.165) is 16.6 Å². The van der Waals surface area contributed by atoms with Crippen LogP contribution in [0.4, 0.5) is 0 Å². The maximum Gasteiger partial charge on any atom is 0.335 e. The highest BCUT2D eigenvalue weighted by atomic mass is 16.7. The summed E-state index contributed by atoms with van der Waals surface area (Å²) in [4.78, 5) is 13.1. The fourth-order valence-corrected chi connectivity index (χ4v) is 3.32. The van der Waals surface area contributed by atoms with Crippen LogP contribution in [0.25, 0.3) is 16.7 Å². The molecule has 170 valence electrons. The summed E-state index contributed by atoms with van der Waals surface area (Å²) in [5.74, 6) is -0.0363. The van der Waals surface area contributed by atoms with Gasteiger partial charge in [-0.3, -0.25) is 0 Å². The molecule has 1 heterocycles. The van der Waals surface area contributed by atoms with E-state index >= 15 is 0 Å². The number of phenolic OH excluding ortho intramolecular Hbond substituents is 1. The van der Waals surface area contributed by atoms with Crippen LogP contribution >= 0.6 is 0 Å². The number of rotatable bonds is 5. The highest BCUT2D eigenvalue weighted by Gasteiger charge is 2.25. The largest absolute Gasteiger partial charge is 0.505 e. The molecular weight excluding hydrogens is 406 g/mol. The van der Waals surface area contributed by atoms with Crippen molar-refractivity contribution in [3.05, 3.63) is 53.6 Å². The molecule has 1 aromatic heterocycles. The summed E-state index contributed by atoms with van der Waals surface area (Å²) < 4.78 is 10.7. The zero-order valence-corrected chi connectivity index (χ0v) is 19.8. The minimum absolute atomic E-state index is 0.0707. The Kier molecular flexibility index (Phi) is 6.05. The molecule has 0 radical (unpaired) electrons. The Morgan fingerprint density at radius 2 is 1.72 bits per heavy atom. The van der Waals surface area contributed by atoms with E-state index in [2.05, 4.69) is 32.4 Å². The molecule has 0 spiro atoms. The Morgan fingerprint density at radius 1 is 1.06 bits per heavy atom. The quantitative estimate of drug-likeness (QED) is 0.336. The number of hydrogen-bond donors (Lipinski definition) is 1. The van der Waals surface area contributed by atoms with Gasteiger partial charge >= 0.3 is 5.97 Å². The second kappa shape index (κ2) is 8.30. The first-order chi connectivity index (χ1) is 14.8. The van der Waals surface area contributed by atoms with Crippen LogP contribution in [0, 0.1) is 0 Å². The third-order valence-electron chi connectivity index (χ3n) is 5.07. The minimum atomic E-state index is -0.533. The van der Waals surface area contributed by atoms with E-state index in [1.807, 2.05) is 39.0 Å². The number of fused-ring (bicyclic) bond motifs is 1. The number of aromatic hydroxyl groups is 1. The van der Waals surface area contributed by atoms with Gasteiger partial charge in [0.05, 0.1) is 0 Å². The van der Waals surface area contributed by atoms with Gasteiger partial charge in [0, 0.05) is 17.2 Å². The van der Waals surface area contributed by atoms with Gasteiger partial charge in [-0.05, 0) is 35.4 Å². The van der Waals surface area contributed by atoms with Crippen LogP contribution in [0.1, 0.15) is 59.6 Å². The lowest BCUT2D eigenvalue weighted by atomic mass is 9.86. The minimum Gasteiger partial charge on any atom is -0.505 e. The first-order valence-corrected chi connectivity index (χ1v) is 10.5. The molecular formula is C25H31N3O4. The first kappa shape index (κ1) is 23.3. The standard InChI is InChI=1S/C25H31N3O4/c1-15(2)23(30)32-14-31-16-12-18(25(6,7)8)22(29)20(13-16)28-26-19-11-9-10-17(21(19)27-28)24(3,4)5/h9-13,29H,1,14H2,2-8H3. The maximum absolute atomic E-state index is 11.6. The molecule has 0 atom stereocenters. The average molecular weight is 438 g/mol. The van der Waals surface area contributed by atoms with Gasteiger partial charge in [0.2, 0.25) is 6.79 Å². The van der Waals surface area contributed by atoms with E-state index in [1.54, 1.807) is 19.1 Å². The van der Waals surface area contributed by atoms with E-state index < -0.39 is 5.97 Å². The van der Waals surface area contributed by atoms with Crippen molar-refractivity contribution in [2.45, 2.75) is 59.3 Å². The molecule has 0 saturated carbocycles. The molecule has 3 aromatic rings. The number of carbonyl (C=O) groups excluding carboxylic acids is 1. The molecule has 0 aliphatic rings. The monoisotopic (exact) mass is 437 g/mol. The molecule has 2 aromatic carbocycles. The fourth-order valence-electron chi connectivity index (χ4n) is 3.32. The van der Waals surface area contributed by atoms with Gasteiger partial charge in [0.15, 0.2) is 0 Å². The number of hydrogen-bond acceptors (Lipinski definition) is 6. The van der Waals surface area contributed by atoms with Gasteiger partial charge in [0.25, 0.3) is 0 Å². The van der Waals surface area contributed by atoms with E-state index in [0.29, 0.717) is 17.0 Å². The van der Waals surface area contributed by atoms with Gasteiger partial charge in [-0.2, -0.15) is 0 Å². The summed E-state index contributed by atoms with van der Waals surface area (Å²) in [7, 11) is 0. The fraction of sp³-hybridized carbons (Fsp3) is 0.400. The molecule has 7 heteroatoms. The van der Waals surface area contributed by atoms with Crippen molar-refractivity contribution in [1.29, 1.82) is 0 Å². The van der Waals surface area contributed by atoms with Crippen molar-refractivity contribution < 1.29 is 19.4 Å². The summed E-state index contributed by atoms with van der Waals surface area (Å²) in [6.45, 7) is 17.2. The predicted octanol–water partition coefficient (Wildman–Crippen LogP) is 5.18. The lowest BCUT2D eigenvalue weighted by Crippen LogP contribution is -2.15. The maximum atomic E-state index is 11.6. The molecule has 0 unspecified atom stereocenters. The lowest BCUT2D eigenvalue weighted by Gasteiger charge is -2.23. The Bertz CT molecular complexity index is 1180. The third-order valence-corrected chi connectivity index (χ3v) is 5.07. The van der Waals surface area contributed by atoms with Crippen LogP contribution < -0.4 is 4.74 Å². The number of ether oxygens (including phenoxy) is 2. The van der Waals surface area contributed by atoms with Gasteiger partial charge < -0.3 is 14.6 Å². The molecule has 3 rings (SSSR count). The van der Waals surface area contributed by atoms with Crippen LogP contribution in [0.5, 0.6) is 11.5 Å². The van der Waals surface area contributed by atoms with E-state index in [1.165, 1.54) is 4.80 Å². The third kappa shape index (κ3) is 4.77. The van der Waals surface area contributed by atoms with Crippen LogP contribution in [-0.4, -0.2) is 32.9 Å². The van der Waals surface area contributed by atoms with Crippen molar-refractivity contribution in [2.75, 3.05) is 6.79 Å². The van der Waals surface area contributed by atoms with Crippen molar-refractivity contribution in [3.63, 3.8) is 0 Å². The van der Waals surface area contributed by atoms with E-state index in [4.69, 9.17) is 14.6 Å². The second-order valence-electron chi connectivity index (χ2n) is 9.98. The van der Waals surface area contributed by atoms with E-state index in [-0.39, 0.29) is 28.9 Å². The first-order valence-electron chi connectivity index (χ1n) is 10.5. The van der Waals surface area contributed by atoms with Gasteiger partial charge in [-0.15, -0.1) is 15.0 Å². The Morgan fingerprint density at radius 3 is 2.31 bits per heavy atom. The number of phenols is 1. The van der Waals surface area contributed by atoms with Crippen LogP contribution in [-0.2, 0) is 20.4 Å². The highest BCUT2D eigenvalue weighted by Crippen LogP contribution is 2.39. The molecule has 0 aliphatic heterocycles. The molecule has 7 nitrogen and oxygen atoms in total. The number of aromatic nitrogens is 3. The Balaban J connectivity index is 2.09. The summed E-state index contributed by atoms with van der Waals surface area (Å²) in [6, 6.07) is 9.26. The number of benzene rings is 2. The van der Waals surface area contributed by atoms with Crippen LogP contribution in [0.15, 0.2) is 42.5 Å². The summed E-state index contributed by atoms with van der Waals surface area (Å²) in [5, 5.41) is 20.4. The highest BCUT2D eigenvalue weighted by molar-refractivity contribution is 5.86. The Hall–Kier alpha value is -3.35. The number of esters is 1. The molecule has 32 heavy (non-hydrogen) atoms. The molecule has 0 saturated heterocycles. The molecule has 0 fully saturated rings. The van der Waals surface area contributed by atoms with Gasteiger partial charge in [0.1, 0.15) is 28.2 Å². The molecule has 0 bridgehead atoms.